The van der Waals surface area contributed by atoms with Gasteiger partial charge in [0.1, 0.15) is 11.5 Å². The molecule has 2 aromatic rings. The molecule has 3 rings (SSSR count). The zero-order valence-electron chi connectivity index (χ0n) is 11.9. The molecular weight excluding hydrogens is 250 g/mol. The van der Waals surface area contributed by atoms with Crippen LogP contribution < -0.4 is 10.1 Å². The van der Waals surface area contributed by atoms with Gasteiger partial charge in [0, 0.05) is 24.6 Å². The average Bonchev–Trinajstić information content (AvgIpc) is 2.95. The van der Waals surface area contributed by atoms with Crippen LogP contribution in [0.25, 0.3) is 0 Å². The van der Waals surface area contributed by atoms with Gasteiger partial charge in [-0.15, -0.1) is 0 Å². The van der Waals surface area contributed by atoms with E-state index in [9.17, 15) is 0 Å². The van der Waals surface area contributed by atoms with Crippen molar-refractivity contribution in [2.75, 3.05) is 6.61 Å². The van der Waals surface area contributed by atoms with Crippen molar-refractivity contribution in [3.05, 3.63) is 53.5 Å². The van der Waals surface area contributed by atoms with Crippen LogP contribution >= 0.6 is 0 Å². The monoisotopic (exact) mass is 271 g/mol. The third-order valence-corrected chi connectivity index (χ3v) is 3.81. The molecule has 3 heteroatoms. The van der Waals surface area contributed by atoms with E-state index in [2.05, 4.69) is 23.5 Å². The maximum atomic E-state index is 5.54. The summed E-state index contributed by atoms with van der Waals surface area (Å²) >= 11 is 0. The first kappa shape index (κ1) is 13.3. The number of hydrogen-bond acceptors (Lipinski definition) is 3. The number of ether oxygens (including phenoxy) is 1. The topological polar surface area (TPSA) is 34.4 Å². The van der Waals surface area contributed by atoms with E-state index in [-0.39, 0.29) is 0 Å². The molecule has 1 heterocycles. The van der Waals surface area contributed by atoms with Crippen molar-refractivity contribution in [3.63, 3.8) is 0 Å². The Kier molecular flexibility index (Phi) is 4.07. The number of rotatable bonds is 5. The Balaban J connectivity index is 1.64. The normalized spacial score (nSPS) is 17.8. The Labute approximate surface area is 119 Å². The lowest BCUT2D eigenvalue weighted by Gasteiger charge is -2.23. The maximum Gasteiger partial charge on any atom is 0.119 e. The molecule has 0 saturated heterocycles. The molecule has 0 bridgehead atoms. The minimum Gasteiger partial charge on any atom is -0.494 e. The van der Waals surface area contributed by atoms with Crippen LogP contribution in [0.1, 0.15) is 42.7 Å². The van der Waals surface area contributed by atoms with Gasteiger partial charge >= 0.3 is 0 Å². The highest BCUT2D eigenvalue weighted by Gasteiger charge is 2.21. The first-order valence-corrected chi connectivity index (χ1v) is 7.38. The van der Waals surface area contributed by atoms with E-state index in [1.807, 2.05) is 19.1 Å². The zero-order chi connectivity index (χ0) is 13.8. The van der Waals surface area contributed by atoms with Crippen LogP contribution in [-0.4, -0.2) is 6.61 Å². The Bertz CT molecular complexity index is 562. The standard InChI is InChI=1S/C17H21NO2/c1-2-19-14-6-3-5-13(11-14)12-18-16-7-4-8-17-15(16)9-10-20-17/h3,5-6,9-11,16,18H,2,4,7-8,12H2,1H3. The Morgan fingerprint density at radius 3 is 3.20 bits per heavy atom. The molecule has 0 fully saturated rings. The van der Waals surface area contributed by atoms with Gasteiger partial charge in [-0.25, -0.2) is 0 Å². The summed E-state index contributed by atoms with van der Waals surface area (Å²) in [4.78, 5) is 0. The minimum atomic E-state index is 0.410. The van der Waals surface area contributed by atoms with Crippen molar-refractivity contribution in [1.82, 2.24) is 5.32 Å². The molecule has 1 aliphatic rings. The number of furan rings is 1. The molecule has 0 radical (unpaired) electrons. The first-order chi connectivity index (χ1) is 9.86. The molecule has 20 heavy (non-hydrogen) atoms. The number of aryl methyl sites for hydroxylation is 1. The Morgan fingerprint density at radius 2 is 2.30 bits per heavy atom. The van der Waals surface area contributed by atoms with Crippen LogP contribution in [0, 0.1) is 0 Å². The van der Waals surface area contributed by atoms with Crippen LogP contribution in [0.4, 0.5) is 0 Å². The van der Waals surface area contributed by atoms with E-state index in [1.54, 1.807) is 6.26 Å². The highest BCUT2D eigenvalue weighted by molar-refractivity contribution is 5.29. The first-order valence-electron chi connectivity index (χ1n) is 7.38. The van der Waals surface area contributed by atoms with E-state index in [0.717, 1.165) is 24.5 Å². The molecule has 0 amide bonds. The smallest absolute Gasteiger partial charge is 0.119 e. The second kappa shape index (κ2) is 6.14. The summed E-state index contributed by atoms with van der Waals surface area (Å²) in [5.41, 5.74) is 2.59. The largest absolute Gasteiger partial charge is 0.494 e. The van der Waals surface area contributed by atoms with Crippen LogP contribution in [-0.2, 0) is 13.0 Å². The van der Waals surface area contributed by atoms with E-state index in [4.69, 9.17) is 9.15 Å². The quantitative estimate of drug-likeness (QED) is 0.897. The zero-order valence-corrected chi connectivity index (χ0v) is 11.9. The molecule has 1 unspecified atom stereocenters. The van der Waals surface area contributed by atoms with Gasteiger partial charge in [-0.05, 0) is 43.5 Å². The predicted molar refractivity (Wildman–Crippen MR) is 78.8 cm³/mol. The fourth-order valence-electron chi connectivity index (χ4n) is 2.85. The van der Waals surface area contributed by atoms with Crippen molar-refractivity contribution in [2.45, 2.75) is 38.8 Å². The van der Waals surface area contributed by atoms with Crippen molar-refractivity contribution < 1.29 is 9.15 Å². The molecule has 1 atom stereocenters. The summed E-state index contributed by atoms with van der Waals surface area (Å²) in [5.74, 6) is 2.09. The van der Waals surface area contributed by atoms with E-state index >= 15 is 0 Å². The molecule has 1 aliphatic carbocycles. The second-order valence-electron chi connectivity index (χ2n) is 5.21. The van der Waals surface area contributed by atoms with Gasteiger partial charge in [-0.2, -0.15) is 0 Å². The second-order valence-corrected chi connectivity index (χ2v) is 5.21. The van der Waals surface area contributed by atoms with Gasteiger partial charge in [0.2, 0.25) is 0 Å². The predicted octanol–water partition coefficient (Wildman–Crippen LogP) is 3.85. The molecule has 106 valence electrons. The van der Waals surface area contributed by atoms with E-state index < -0.39 is 0 Å². The number of benzene rings is 1. The summed E-state index contributed by atoms with van der Waals surface area (Å²) in [6.45, 7) is 3.57. The lowest BCUT2D eigenvalue weighted by molar-refractivity contribution is 0.339. The van der Waals surface area contributed by atoms with Gasteiger partial charge < -0.3 is 14.5 Å². The summed E-state index contributed by atoms with van der Waals surface area (Å²) in [7, 11) is 0. The SMILES string of the molecule is CCOc1cccc(CNC2CCCc3occc32)c1. The van der Waals surface area contributed by atoms with Crippen LogP contribution in [0.3, 0.4) is 0 Å². The third kappa shape index (κ3) is 2.88. The Hall–Kier alpha value is -1.74. The third-order valence-electron chi connectivity index (χ3n) is 3.81. The molecule has 3 nitrogen and oxygen atoms in total. The molecule has 1 aromatic carbocycles. The van der Waals surface area contributed by atoms with Crippen molar-refractivity contribution in [1.29, 1.82) is 0 Å². The van der Waals surface area contributed by atoms with Crippen LogP contribution in [0.2, 0.25) is 0 Å². The van der Waals surface area contributed by atoms with Crippen molar-refractivity contribution in [3.8, 4) is 5.75 Å². The van der Waals surface area contributed by atoms with E-state index in [0.29, 0.717) is 12.6 Å². The fraction of sp³-hybridized carbons (Fsp3) is 0.412. The molecule has 0 spiro atoms. The van der Waals surface area contributed by atoms with Gasteiger partial charge in [0.05, 0.1) is 12.9 Å². The van der Waals surface area contributed by atoms with Crippen molar-refractivity contribution in [2.24, 2.45) is 0 Å². The number of nitrogens with one attached hydrogen (secondary N) is 1. The van der Waals surface area contributed by atoms with E-state index in [1.165, 1.54) is 24.0 Å². The van der Waals surface area contributed by atoms with Crippen molar-refractivity contribution >= 4 is 0 Å². The highest BCUT2D eigenvalue weighted by Crippen LogP contribution is 2.30. The molecular formula is C17H21NO2. The Morgan fingerprint density at radius 1 is 1.35 bits per heavy atom. The van der Waals surface area contributed by atoms with Crippen LogP contribution in [0.5, 0.6) is 5.75 Å². The number of fused-ring (bicyclic) bond motifs is 1. The summed E-state index contributed by atoms with van der Waals surface area (Å²) in [6, 6.07) is 10.8. The average molecular weight is 271 g/mol. The molecule has 0 saturated carbocycles. The molecule has 0 aliphatic heterocycles. The van der Waals surface area contributed by atoms with Gasteiger partial charge in [0.15, 0.2) is 0 Å². The van der Waals surface area contributed by atoms with Gasteiger partial charge in [0.25, 0.3) is 0 Å². The summed E-state index contributed by atoms with van der Waals surface area (Å²) in [5, 5.41) is 3.63. The van der Waals surface area contributed by atoms with Gasteiger partial charge in [-0.3, -0.25) is 0 Å². The van der Waals surface area contributed by atoms with Gasteiger partial charge in [-0.1, -0.05) is 12.1 Å². The highest BCUT2D eigenvalue weighted by atomic mass is 16.5. The minimum absolute atomic E-state index is 0.410. The fourth-order valence-corrected chi connectivity index (χ4v) is 2.85. The number of hydrogen-bond donors (Lipinski definition) is 1. The summed E-state index contributed by atoms with van der Waals surface area (Å²) in [6.07, 6.45) is 5.25. The molecule has 1 N–H and O–H groups in total. The lowest BCUT2D eigenvalue weighted by atomic mass is 9.93. The summed E-state index contributed by atoms with van der Waals surface area (Å²) < 4.78 is 11.1. The lowest BCUT2D eigenvalue weighted by Crippen LogP contribution is -2.24. The maximum absolute atomic E-state index is 5.54. The van der Waals surface area contributed by atoms with Crippen LogP contribution in [0.15, 0.2) is 41.0 Å². The molecule has 1 aromatic heterocycles.